The molecule has 1 saturated carbocycles. The van der Waals surface area contributed by atoms with Gasteiger partial charge in [0.25, 0.3) is 5.56 Å². The number of para-hydroxylation sites is 1. The van der Waals surface area contributed by atoms with E-state index in [1.165, 1.54) is 0 Å². The summed E-state index contributed by atoms with van der Waals surface area (Å²) in [7, 11) is 0. The number of aromatic nitrogens is 2. The van der Waals surface area contributed by atoms with Gasteiger partial charge in [-0.15, -0.1) is 0 Å². The number of rotatable bonds is 1. The van der Waals surface area contributed by atoms with Crippen LogP contribution >= 0.6 is 0 Å². The minimum Gasteiger partial charge on any atom is -0.296 e. The van der Waals surface area contributed by atoms with Gasteiger partial charge in [-0.25, -0.2) is 4.98 Å². The first kappa shape index (κ1) is 7.74. The Morgan fingerprint density at radius 2 is 2.07 bits per heavy atom. The number of benzene rings is 1. The molecule has 0 spiro atoms. The molecule has 1 aromatic carbocycles. The molecule has 14 heavy (non-hydrogen) atoms. The van der Waals surface area contributed by atoms with Crippen LogP contribution in [0.2, 0.25) is 0 Å². The lowest BCUT2D eigenvalue weighted by atomic mass is 10.2. The summed E-state index contributed by atoms with van der Waals surface area (Å²) in [6.07, 6.45) is 3.89. The van der Waals surface area contributed by atoms with Crippen LogP contribution in [0.1, 0.15) is 18.9 Å². The van der Waals surface area contributed by atoms with Crippen LogP contribution in [-0.2, 0) is 0 Å². The highest BCUT2D eigenvalue weighted by Gasteiger charge is 2.24. The number of hydrogen-bond donors (Lipinski definition) is 0. The molecular weight excluding hydrogens is 176 g/mol. The predicted molar refractivity (Wildman–Crippen MR) is 54.3 cm³/mol. The second-order valence-electron chi connectivity index (χ2n) is 3.71. The van der Waals surface area contributed by atoms with E-state index in [9.17, 15) is 4.79 Å². The first-order chi connectivity index (χ1) is 6.86. The van der Waals surface area contributed by atoms with Crippen LogP contribution in [-0.4, -0.2) is 9.55 Å². The fourth-order valence-corrected chi connectivity index (χ4v) is 1.70. The number of fused-ring (bicyclic) bond motifs is 1. The summed E-state index contributed by atoms with van der Waals surface area (Å²) in [5.74, 6) is 0. The van der Waals surface area contributed by atoms with Gasteiger partial charge in [-0.2, -0.15) is 0 Å². The second-order valence-corrected chi connectivity index (χ2v) is 3.71. The van der Waals surface area contributed by atoms with Gasteiger partial charge in [-0.1, -0.05) is 12.1 Å². The van der Waals surface area contributed by atoms with E-state index in [-0.39, 0.29) is 5.56 Å². The molecule has 1 heterocycles. The van der Waals surface area contributed by atoms with Crippen LogP contribution in [0.15, 0.2) is 35.4 Å². The van der Waals surface area contributed by atoms with Crippen LogP contribution < -0.4 is 5.56 Å². The molecule has 0 bridgehead atoms. The normalized spacial score (nSPS) is 16.0. The lowest BCUT2D eigenvalue weighted by molar-refractivity contribution is 0.698. The fourth-order valence-electron chi connectivity index (χ4n) is 1.70. The maximum Gasteiger partial charge on any atom is 0.261 e. The van der Waals surface area contributed by atoms with Gasteiger partial charge in [0.1, 0.15) is 0 Å². The largest absolute Gasteiger partial charge is 0.296 e. The van der Waals surface area contributed by atoms with Crippen molar-refractivity contribution in [3.63, 3.8) is 0 Å². The Bertz CT molecular complexity index is 540. The van der Waals surface area contributed by atoms with Crippen molar-refractivity contribution >= 4 is 10.9 Å². The van der Waals surface area contributed by atoms with Crippen molar-refractivity contribution in [3.05, 3.63) is 40.9 Å². The summed E-state index contributed by atoms with van der Waals surface area (Å²) in [4.78, 5) is 16.2. The van der Waals surface area contributed by atoms with Crippen LogP contribution in [0.3, 0.4) is 0 Å². The molecule has 1 aromatic heterocycles. The van der Waals surface area contributed by atoms with Gasteiger partial charge in [0.2, 0.25) is 0 Å². The van der Waals surface area contributed by atoms with E-state index in [1.807, 2.05) is 24.3 Å². The lowest BCUT2D eigenvalue weighted by Crippen LogP contribution is -2.19. The van der Waals surface area contributed by atoms with Crippen molar-refractivity contribution in [3.8, 4) is 0 Å². The maximum absolute atomic E-state index is 11.9. The molecule has 1 aliphatic rings. The van der Waals surface area contributed by atoms with Crippen LogP contribution in [0.5, 0.6) is 0 Å². The maximum atomic E-state index is 11.9. The molecule has 0 radical (unpaired) electrons. The summed E-state index contributed by atoms with van der Waals surface area (Å²) < 4.78 is 1.75. The van der Waals surface area contributed by atoms with Gasteiger partial charge in [0, 0.05) is 6.04 Å². The third kappa shape index (κ3) is 1.05. The van der Waals surface area contributed by atoms with Gasteiger partial charge in [0.05, 0.1) is 17.2 Å². The van der Waals surface area contributed by atoms with E-state index in [1.54, 1.807) is 10.9 Å². The molecule has 3 rings (SSSR count). The number of hydrogen-bond acceptors (Lipinski definition) is 2. The molecular formula is C11H10N2O. The molecule has 2 aromatic rings. The summed E-state index contributed by atoms with van der Waals surface area (Å²) in [5, 5.41) is 0.724. The molecule has 1 fully saturated rings. The Morgan fingerprint density at radius 1 is 1.29 bits per heavy atom. The first-order valence-corrected chi connectivity index (χ1v) is 4.82. The standard InChI is InChI=1S/C11H10N2O/c14-11-9-3-1-2-4-10(9)12-7-13(11)8-5-6-8/h1-4,7-8H,5-6H2. The van der Waals surface area contributed by atoms with Crippen molar-refractivity contribution in [1.29, 1.82) is 0 Å². The third-order valence-electron chi connectivity index (χ3n) is 2.63. The third-order valence-corrected chi connectivity index (χ3v) is 2.63. The molecule has 0 aliphatic heterocycles. The quantitative estimate of drug-likeness (QED) is 0.679. The van der Waals surface area contributed by atoms with Gasteiger partial charge in [0.15, 0.2) is 0 Å². The van der Waals surface area contributed by atoms with E-state index < -0.39 is 0 Å². The van der Waals surface area contributed by atoms with E-state index in [4.69, 9.17) is 0 Å². The zero-order valence-corrected chi connectivity index (χ0v) is 7.68. The highest BCUT2D eigenvalue weighted by atomic mass is 16.1. The van der Waals surface area contributed by atoms with Crippen molar-refractivity contribution in [2.45, 2.75) is 18.9 Å². The van der Waals surface area contributed by atoms with Crippen LogP contribution in [0.25, 0.3) is 10.9 Å². The topological polar surface area (TPSA) is 34.9 Å². The SMILES string of the molecule is O=c1c2ccccc2ncn1C1CC1. The van der Waals surface area contributed by atoms with Crippen LogP contribution in [0.4, 0.5) is 0 Å². The van der Waals surface area contributed by atoms with Crippen molar-refractivity contribution in [2.24, 2.45) is 0 Å². The average Bonchev–Trinajstić information content (AvgIpc) is 3.03. The monoisotopic (exact) mass is 186 g/mol. The predicted octanol–water partition coefficient (Wildman–Crippen LogP) is 1.73. The Labute approximate surface area is 81.0 Å². The van der Waals surface area contributed by atoms with E-state index in [0.717, 1.165) is 23.7 Å². The molecule has 0 N–H and O–H groups in total. The smallest absolute Gasteiger partial charge is 0.261 e. The Hall–Kier alpha value is -1.64. The van der Waals surface area contributed by atoms with Crippen molar-refractivity contribution in [2.75, 3.05) is 0 Å². The highest BCUT2D eigenvalue weighted by Crippen LogP contribution is 2.33. The molecule has 3 nitrogen and oxygen atoms in total. The van der Waals surface area contributed by atoms with Gasteiger partial charge in [-0.05, 0) is 25.0 Å². The van der Waals surface area contributed by atoms with E-state index in [2.05, 4.69) is 4.98 Å². The van der Waals surface area contributed by atoms with Gasteiger partial charge < -0.3 is 0 Å². The van der Waals surface area contributed by atoms with E-state index >= 15 is 0 Å². The van der Waals surface area contributed by atoms with E-state index in [0.29, 0.717) is 6.04 Å². The van der Waals surface area contributed by atoms with Gasteiger partial charge >= 0.3 is 0 Å². The first-order valence-electron chi connectivity index (χ1n) is 4.82. The highest BCUT2D eigenvalue weighted by molar-refractivity contribution is 5.76. The molecule has 0 unspecified atom stereocenters. The molecule has 70 valence electrons. The minimum absolute atomic E-state index is 0.0955. The minimum atomic E-state index is 0.0955. The van der Waals surface area contributed by atoms with Crippen molar-refractivity contribution in [1.82, 2.24) is 9.55 Å². The molecule has 1 aliphatic carbocycles. The Balaban J connectivity index is 2.36. The second kappa shape index (κ2) is 2.67. The van der Waals surface area contributed by atoms with Gasteiger partial charge in [-0.3, -0.25) is 9.36 Å². The van der Waals surface area contributed by atoms with Crippen molar-refractivity contribution < 1.29 is 0 Å². The lowest BCUT2D eigenvalue weighted by Gasteiger charge is -2.03. The molecule has 0 amide bonds. The zero-order chi connectivity index (χ0) is 9.54. The Morgan fingerprint density at radius 3 is 2.86 bits per heavy atom. The Kier molecular flexibility index (Phi) is 1.48. The average molecular weight is 186 g/mol. The number of nitrogens with zero attached hydrogens (tertiary/aromatic N) is 2. The molecule has 3 heteroatoms. The molecule has 0 saturated heterocycles. The summed E-state index contributed by atoms with van der Waals surface area (Å²) in [6, 6.07) is 7.88. The fraction of sp³-hybridized carbons (Fsp3) is 0.273. The molecule has 0 atom stereocenters. The summed E-state index contributed by atoms with van der Waals surface area (Å²) in [5.41, 5.74) is 0.882. The summed E-state index contributed by atoms with van der Waals surface area (Å²) >= 11 is 0. The van der Waals surface area contributed by atoms with Crippen LogP contribution in [0, 0.1) is 0 Å². The zero-order valence-electron chi connectivity index (χ0n) is 7.68. The summed E-state index contributed by atoms with van der Waals surface area (Å²) in [6.45, 7) is 0.